The minimum atomic E-state index is -0.443. The van der Waals surface area contributed by atoms with Crippen LogP contribution in [0.25, 0.3) is 0 Å². The maximum absolute atomic E-state index is 12.4. The molecule has 1 N–H and O–H groups in total. The summed E-state index contributed by atoms with van der Waals surface area (Å²) < 4.78 is 6.18. The van der Waals surface area contributed by atoms with Crippen molar-refractivity contribution >= 4 is 23.4 Å². The zero-order valence-corrected chi connectivity index (χ0v) is 14.8. The van der Waals surface area contributed by atoms with Gasteiger partial charge in [-0.1, -0.05) is 23.7 Å². The topological polar surface area (TPSA) is 73.2 Å². The number of ether oxygens (including phenoxy) is 1. The lowest BCUT2D eigenvalue weighted by molar-refractivity contribution is -0.143. The Balaban J connectivity index is 1.70. The van der Waals surface area contributed by atoms with Crippen molar-refractivity contribution in [3.8, 4) is 0 Å². The van der Waals surface area contributed by atoms with Crippen LogP contribution in [0.1, 0.15) is 25.3 Å². The molecule has 0 spiro atoms. The van der Waals surface area contributed by atoms with E-state index in [0.29, 0.717) is 11.6 Å². The van der Waals surface area contributed by atoms with E-state index in [4.69, 9.17) is 16.3 Å². The summed E-state index contributed by atoms with van der Waals surface area (Å²) in [6.07, 6.45) is 5.08. The third kappa shape index (κ3) is 4.02. The van der Waals surface area contributed by atoms with E-state index in [9.17, 15) is 9.59 Å². The van der Waals surface area contributed by atoms with Crippen molar-refractivity contribution < 1.29 is 9.53 Å². The summed E-state index contributed by atoms with van der Waals surface area (Å²) in [5, 5.41) is 3.85. The summed E-state index contributed by atoms with van der Waals surface area (Å²) in [6.45, 7) is 2.51. The molecular formula is C18H20ClN3O3. The zero-order chi connectivity index (χ0) is 17.9. The summed E-state index contributed by atoms with van der Waals surface area (Å²) >= 11 is 5.95. The molecule has 2 aromatic rings. The van der Waals surface area contributed by atoms with Crippen molar-refractivity contribution in [3.63, 3.8) is 0 Å². The number of benzene rings is 1. The summed E-state index contributed by atoms with van der Waals surface area (Å²) in [5.41, 5.74) is 0.884. The van der Waals surface area contributed by atoms with Gasteiger partial charge in [0.1, 0.15) is 6.54 Å². The lowest BCUT2D eigenvalue weighted by Crippen LogP contribution is -2.30. The first kappa shape index (κ1) is 17.5. The van der Waals surface area contributed by atoms with Crippen molar-refractivity contribution in [2.75, 3.05) is 18.5 Å². The molecule has 6 nitrogen and oxygen atoms in total. The number of carbonyl (C=O) groups excluding carboxylic acids is 1. The third-order valence-corrected chi connectivity index (χ3v) is 4.67. The standard InChI is InChI=1S/C18H20ClN3O3/c1-2-25-15(23)11-22-10-9-20-16(17(22)24)21-12-18(7-8-18)13-3-5-14(19)6-4-13/h3-6,9-10H,2,7-8,11-12H2,1H3,(H,20,21). The van der Waals surface area contributed by atoms with Crippen molar-refractivity contribution in [2.24, 2.45) is 0 Å². The molecular weight excluding hydrogens is 342 g/mol. The average molecular weight is 362 g/mol. The van der Waals surface area contributed by atoms with Crippen LogP contribution in [0.3, 0.4) is 0 Å². The van der Waals surface area contributed by atoms with Crippen LogP contribution in [0, 0.1) is 0 Å². The van der Waals surface area contributed by atoms with Crippen LogP contribution in [0.5, 0.6) is 0 Å². The number of halogens is 1. The zero-order valence-electron chi connectivity index (χ0n) is 14.0. The molecule has 0 bridgehead atoms. The van der Waals surface area contributed by atoms with E-state index >= 15 is 0 Å². The Bertz CT molecular complexity index is 813. The Labute approximate surface area is 150 Å². The van der Waals surface area contributed by atoms with E-state index in [-0.39, 0.29) is 29.9 Å². The molecule has 1 aliphatic carbocycles. The second-order valence-electron chi connectivity index (χ2n) is 6.15. The first-order valence-electron chi connectivity index (χ1n) is 8.25. The van der Waals surface area contributed by atoms with E-state index in [0.717, 1.165) is 12.8 Å². The molecule has 25 heavy (non-hydrogen) atoms. The van der Waals surface area contributed by atoms with E-state index in [1.165, 1.54) is 22.5 Å². The Kier molecular flexibility index (Phi) is 5.08. The van der Waals surface area contributed by atoms with Gasteiger partial charge in [-0.05, 0) is 37.5 Å². The number of hydrogen-bond acceptors (Lipinski definition) is 5. The molecule has 1 aromatic heterocycles. The highest BCUT2D eigenvalue weighted by Crippen LogP contribution is 2.48. The fraction of sp³-hybridized carbons (Fsp3) is 0.389. The number of rotatable bonds is 7. The van der Waals surface area contributed by atoms with Crippen molar-refractivity contribution in [3.05, 3.63) is 57.6 Å². The van der Waals surface area contributed by atoms with Gasteiger partial charge in [-0.2, -0.15) is 0 Å². The average Bonchev–Trinajstić information content (AvgIpc) is 3.38. The van der Waals surface area contributed by atoms with E-state index in [1.807, 2.05) is 24.3 Å². The highest BCUT2D eigenvalue weighted by molar-refractivity contribution is 6.30. The van der Waals surface area contributed by atoms with Crippen LogP contribution < -0.4 is 10.9 Å². The Morgan fingerprint density at radius 1 is 1.36 bits per heavy atom. The molecule has 1 aliphatic rings. The maximum Gasteiger partial charge on any atom is 0.326 e. The fourth-order valence-electron chi connectivity index (χ4n) is 2.81. The van der Waals surface area contributed by atoms with Crippen LogP contribution in [0.4, 0.5) is 5.82 Å². The number of aromatic nitrogens is 2. The SMILES string of the molecule is CCOC(=O)Cn1ccnc(NCC2(c3ccc(Cl)cc3)CC2)c1=O. The molecule has 7 heteroatoms. The lowest BCUT2D eigenvalue weighted by atomic mass is 9.96. The van der Waals surface area contributed by atoms with Gasteiger partial charge in [0.15, 0.2) is 5.82 Å². The maximum atomic E-state index is 12.4. The second kappa shape index (κ2) is 7.27. The monoisotopic (exact) mass is 361 g/mol. The largest absolute Gasteiger partial charge is 0.465 e. The molecule has 0 aliphatic heterocycles. The van der Waals surface area contributed by atoms with Gasteiger partial charge in [0.2, 0.25) is 0 Å². The number of anilines is 1. The molecule has 0 unspecified atom stereocenters. The first-order chi connectivity index (χ1) is 12.0. The fourth-order valence-corrected chi connectivity index (χ4v) is 2.94. The summed E-state index contributed by atoms with van der Waals surface area (Å²) in [6, 6.07) is 7.80. The molecule has 3 rings (SSSR count). The van der Waals surface area contributed by atoms with Crippen LogP contribution in [-0.4, -0.2) is 28.7 Å². The van der Waals surface area contributed by atoms with Gasteiger partial charge in [0.25, 0.3) is 5.56 Å². The van der Waals surface area contributed by atoms with Crippen molar-refractivity contribution in [2.45, 2.75) is 31.7 Å². The number of hydrogen-bond donors (Lipinski definition) is 1. The first-order valence-corrected chi connectivity index (χ1v) is 8.63. The molecule has 0 atom stereocenters. The summed E-state index contributed by atoms with van der Waals surface area (Å²) in [5.74, 6) is -0.200. The predicted molar refractivity (Wildman–Crippen MR) is 96.0 cm³/mol. The summed E-state index contributed by atoms with van der Waals surface area (Å²) in [7, 11) is 0. The van der Waals surface area contributed by atoms with Crippen LogP contribution in [0.2, 0.25) is 5.02 Å². The van der Waals surface area contributed by atoms with Gasteiger partial charge >= 0.3 is 5.97 Å². The molecule has 0 radical (unpaired) electrons. The van der Waals surface area contributed by atoms with E-state index in [1.54, 1.807) is 6.92 Å². The van der Waals surface area contributed by atoms with E-state index < -0.39 is 5.97 Å². The van der Waals surface area contributed by atoms with Crippen molar-refractivity contribution in [1.29, 1.82) is 0 Å². The number of nitrogens with one attached hydrogen (secondary N) is 1. The van der Waals surface area contributed by atoms with Crippen LogP contribution in [-0.2, 0) is 21.5 Å². The van der Waals surface area contributed by atoms with Gasteiger partial charge < -0.3 is 10.1 Å². The third-order valence-electron chi connectivity index (χ3n) is 4.42. The quantitative estimate of drug-likeness (QED) is 0.767. The Hall–Kier alpha value is -2.34. The van der Waals surface area contributed by atoms with Crippen LogP contribution >= 0.6 is 11.6 Å². The number of nitrogens with zero attached hydrogens (tertiary/aromatic N) is 2. The Morgan fingerprint density at radius 2 is 2.08 bits per heavy atom. The molecule has 1 saturated carbocycles. The number of esters is 1. The lowest BCUT2D eigenvalue weighted by Gasteiger charge is -2.17. The minimum absolute atomic E-state index is 0.0144. The molecule has 132 valence electrons. The molecule has 0 saturated heterocycles. The van der Waals surface area contributed by atoms with Crippen LogP contribution in [0.15, 0.2) is 41.5 Å². The normalized spacial score (nSPS) is 14.8. The van der Waals surface area contributed by atoms with Gasteiger partial charge in [0.05, 0.1) is 6.61 Å². The molecule has 1 aromatic carbocycles. The smallest absolute Gasteiger partial charge is 0.326 e. The highest BCUT2D eigenvalue weighted by atomic mass is 35.5. The minimum Gasteiger partial charge on any atom is -0.465 e. The van der Waals surface area contributed by atoms with Gasteiger partial charge in [0, 0.05) is 29.4 Å². The predicted octanol–water partition coefficient (Wildman–Crippen LogP) is 2.60. The molecule has 0 amide bonds. The highest BCUT2D eigenvalue weighted by Gasteiger charge is 2.44. The van der Waals surface area contributed by atoms with Gasteiger partial charge in [-0.25, -0.2) is 4.98 Å². The van der Waals surface area contributed by atoms with E-state index in [2.05, 4.69) is 10.3 Å². The molecule has 1 fully saturated rings. The van der Waals surface area contributed by atoms with Gasteiger partial charge in [-0.15, -0.1) is 0 Å². The number of carbonyl (C=O) groups is 1. The second-order valence-corrected chi connectivity index (χ2v) is 6.59. The van der Waals surface area contributed by atoms with Crippen molar-refractivity contribution in [1.82, 2.24) is 9.55 Å². The van der Waals surface area contributed by atoms with Gasteiger partial charge in [-0.3, -0.25) is 14.2 Å². The Morgan fingerprint density at radius 3 is 2.72 bits per heavy atom. The molecule has 1 heterocycles. The summed E-state index contributed by atoms with van der Waals surface area (Å²) in [4.78, 5) is 28.1.